The maximum Gasteiger partial charge on any atom is 0.274 e. The summed E-state index contributed by atoms with van der Waals surface area (Å²) in [6, 6.07) is 10.1. The Labute approximate surface area is 77.3 Å². The maximum atomic E-state index is 4.36. The van der Waals surface area contributed by atoms with E-state index < -0.39 is 0 Å². The molecule has 2 rings (SSSR count). The zero-order valence-corrected chi connectivity index (χ0v) is 7.81. The van der Waals surface area contributed by atoms with Gasteiger partial charge in [0.2, 0.25) is 6.33 Å². The molecule has 0 saturated heterocycles. The first-order chi connectivity index (χ1) is 6.27. The average Bonchev–Trinajstić information content (AvgIpc) is 2.49. The molecule has 3 heteroatoms. The van der Waals surface area contributed by atoms with Crippen molar-refractivity contribution >= 4 is 0 Å². The van der Waals surface area contributed by atoms with Crippen molar-refractivity contribution < 1.29 is 4.57 Å². The highest BCUT2D eigenvalue weighted by molar-refractivity contribution is 5.28. The van der Waals surface area contributed by atoms with E-state index >= 15 is 0 Å². The largest absolute Gasteiger partial charge is 0.274 e. The van der Waals surface area contributed by atoms with Crippen LogP contribution in [0.25, 0.3) is 5.69 Å². The van der Waals surface area contributed by atoms with Crippen LogP contribution in [0.1, 0.15) is 5.82 Å². The van der Waals surface area contributed by atoms with Gasteiger partial charge in [0.05, 0.1) is 7.05 Å². The fourth-order valence-electron chi connectivity index (χ4n) is 1.21. The summed E-state index contributed by atoms with van der Waals surface area (Å²) in [5, 5.41) is 4.36. The van der Waals surface area contributed by atoms with Crippen molar-refractivity contribution in [2.45, 2.75) is 6.92 Å². The van der Waals surface area contributed by atoms with E-state index in [0.717, 1.165) is 11.5 Å². The summed E-state index contributed by atoms with van der Waals surface area (Å²) in [5.41, 5.74) is 1.09. The van der Waals surface area contributed by atoms with Gasteiger partial charge in [0.25, 0.3) is 5.82 Å². The number of hydrogen-bond donors (Lipinski definition) is 0. The summed E-state index contributed by atoms with van der Waals surface area (Å²) in [7, 11) is 1.99. The first-order valence-corrected chi connectivity index (χ1v) is 4.25. The highest BCUT2D eigenvalue weighted by atomic mass is 15.4. The summed E-state index contributed by atoms with van der Waals surface area (Å²) >= 11 is 0. The zero-order chi connectivity index (χ0) is 9.26. The van der Waals surface area contributed by atoms with Crippen LogP contribution in [0, 0.1) is 6.92 Å². The van der Waals surface area contributed by atoms with Crippen LogP contribution >= 0.6 is 0 Å². The third-order valence-corrected chi connectivity index (χ3v) is 2.07. The molecule has 0 unspecified atom stereocenters. The van der Waals surface area contributed by atoms with E-state index in [1.807, 2.05) is 59.9 Å². The molecule has 66 valence electrons. The topological polar surface area (TPSA) is 21.7 Å². The quantitative estimate of drug-likeness (QED) is 0.591. The van der Waals surface area contributed by atoms with Gasteiger partial charge in [0.1, 0.15) is 5.69 Å². The van der Waals surface area contributed by atoms with Gasteiger partial charge in [0.15, 0.2) is 0 Å². The number of benzene rings is 1. The number of rotatable bonds is 1. The highest BCUT2D eigenvalue weighted by Crippen LogP contribution is 2.02. The molecular weight excluding hydrogens is 162 g/mol. The second-order valence-corrected chi connectivity index (χ2v) is 3.05. The SMILES string of the molecule is Cc1nn(-c2ccccc2)c[n+]1C. The van der Waals surface area contributed by atoms with Crippen molar-refractivity contribution in [1.29, 1.82) is 0 Å². The fourth-order valence-corrected chi connectivity index (χ4v) is 1.21. The monoisotopic (exact) mass is 174 g/mol. The molecule has 13 heavy (non-hydrogen) atoms. The van der Waals surface area contributed by atoms with Crippen molar-refractivity contribution in [3.63, 3.8) is 0 Å². The molecule has 0 radical (unpaired) electrons. The number of nitrogens with zero attached hydrogens (tertiary/aromatic N) is 3. The van der Waals surface area contributed by atoms with E-state index in [0.29, 0.717) is 0 Å². The van der Waals surface area contributed by atoms with Crippen molar-refractivity contribution in [2.75, 3.05) is 0 Å². The highest BCUT2D eigenvalue weighted by Gasteiger charge is 2.09. The Morgan fingerprint density at radius 3 is 2.46 bits per heavy atom. The Bertz CT molecular complexity index is 384. The first-order valence-electron chi connectivity index (χ1n) is 4.25. The fraction of sp³-hybridized carbons (Fsp3) is 0.200. The molecule has 0 N–H and O–H groups in total. The van der Waals surface area contributed by atoms with Gasteiger partial charge < -0.3 is 0 Å². The smallest absolute Gasteiger partial charge is 0.237 e. The van der Waals surface area contributed by atoms with E-state index in [1.54, 1.807) is 0 Å². The molecule has 0 aliphatic rings. The molecule has 0 aliphatic heterocycles. The second kappa shape index (κ2) is 3.01. The third-order valence-electron chi connectivity index (χ3n) is 2.07. The first kappa shape index (κ1) is 7.98. The van der Waals surface area contributed by atoms with E-state index in [1.165, 1.54) is 0 Å². The van der Waals surface area contributed by atoms with Crippen molar-refractivity contribution in [1.82, 2.24) is 9.78 Å². The molecule has 1 aromatic carbocycles. The number of aromatic nitrogens is 3. The molecular formula is C10H12N3+. The van der Waals surface area contributed by atoms with E-state index in [4.69, 9.17) is 0 Å². The maximum absolute atomic E-state index is 4.36. The summed E-state index contributed by atoms with van der Waals surface area (Å²) in [6.45, 7) is 1.99. The molecule has 0 saturated carbocycles. The zero-order valence-electron chi connectivity index (χ0n) is 7.81. The standard InChI is InChI=1S/C10H12N3/c1-9-11-13(8-12(9)2)10-6-4-3-5-7-10/h3-8H,1-2H3/q+1. The molecule has 3 nitrogen and oxygen atoms in total. The summed E-state index contributed by atoms with van der Waals surface area (Å²) in [4.78, 5) is 0. The Kier molecular flexibility index (Phi) is 1.85. The lowest BCUT2D eigenvalue weighted by molar-refractivity contribution is -0.678. The lowest BCUT2D eigenvalue weighted by Crippen LogP contribution is -2.28. The van der Waals surface area contributed by atoms with Crippen molar-refractivity contribution in [3.05, 3.63) is 42.5 Å². The number of aryl methyl sites for hydroxylation is 2. The van der Waals surface area contributed by atoms with Crippen LogP contribution in [0.15, 0.2) is 36.7 Å². The van der Waals surface area contributed by atoms with Crippen molar-refractivity contribution in [3.8, 4) is 5.69 Å². The van der Waals surface area contributed by atoms with Gasteiger partial charge in [-0.05, 0) is 12.1 Å². The minimum absolute atomic E-state index is 1.00. The minimum Gasteiger partial charge on any atom is -0.237 e. The molecule has 0 spiro atoms. The van der Waals surface area contributed by atoms with E-state index in [2.05, 4.69) is 5.10 Å². The summed E-state index contributed by atoms with van der Waals surface area (Å²) < 4.78 is 3.86. The van der Waals surface area contributed by atoms with Crippen LogP contribution < -0.4 is 4.57 Å². The van der Waals surface area contributed by atoms with Gasteiger partial charge in [-0.2, -0.15) is 0 Å². The Morgan fingerprint density at radius 1 is 1.23 bits per heavy atom. The summed E-state index contributed by atoms with van der Waals surface area (Å²) in [5.74, 6) is 1.00. The molecule has 0 bridgehead atoms. The molecule has 1 aromatic heterocycles. The van der Waals surface area contributed by atoms with Gasteiger partial charge in [-0.25, -0.2) is 4.57 Å². The van der Waals surface area contributed by atoms with Crippen LogP contribution in [0.5, 0.6) is 0 Å². The van der Waals surface area contributed by atoms with Gasteiger partial charge in [-0.15, -0.1) is 0 Å². The summed E-state index contributed by atoms with van der Waals surface area (Å²) in [6.07, 6.45) is 1.96. The van der Waals surface area contributed by atoms with Crippen LogP contribution in [0.4, 0.5) is 0 Å². The molecule has 0 fully saturated rings. The molecule has 0 aliphatic carbocycles. The van der Waals surface area contributed by atoms with Crippen LogP contribution in [-0.4, -0.2) is 9.78 Å². The predicted molar refractivity (Wildman–Crippen MR) is 49.5 cm³/mol. The van der Waals surface area contributed by atoms with Gasteiger partial charge in [-0.1, -0.05) is 22.9 Å². The second-order valence-electron chi connectivity index (χ2n) is 3.05. The minimum atomic E-state index is 1.00. The average molecular weight is 174 g/mol. The molecule has 0 amide bonds. The van der Waals surface area contributed by atoms with Crippen LogP contribution in [0.2, 0.25) is 0 Å². The van der Waals surface area contributed by atoms with E-state index in [-0.39, 0.29) is 0 Å². The number of para-hydroxylation sites is 1. The third kappa shape index (κ3) is 1.45. The lowest BCUT2D eigenvalue weighted by atomic mass is 10.3. The lowest BCUT2D eigenvalue weighted by Gasteiger charge is -1.89. The van der Waals surface area contributed by atoms with Gasteiger partial charge in [0, 0.05) is 12.0 Å². The molecule has 2 aromatic rings. The van der Waals surface area contributed by atoms with Crippen molar-refractivity contribution in [2.24, 2.45) is 7.05 Å². The van der Waals surface area contributed by atoms with Crippen LogP contribution in [-0.2, 0) is 7.05 Å². The van der Waals surface area contributed by atoms with Gasteiger partial charge in [-0.3, -0.25) is 0 Å². The number of hydrogen-bond acceptors (Lipinski definition) is 1. The van der Waals surface area contributed by atoms with Crippen LogP contribution in [0.3, 0.4) is 0 Å². The molecule has 1 heterocycles. The Morgan fingerprint density at radius 2 is 1.92 bits per heavy atom. The Hall–Kier alpha value is -1.64. The van der Waals surface area contributed by atoms with E-state index in [9.17, 15) is 0 Å². The van der Waals surface area contributed by atoms with Gasteiger partial charge >= 0.3 is 0 Å². The molecule has 0 atom stereocenters. The normalized spacial score (nSPS) is 10.3. The predicted octanol–water partition coefficient (Wildman–Crippen LogP) is 1.01. The Balaban J connectivity index is 2.48.